The van der Waals surface area contributed by atoms with Crippen LogP contribution in [-0.2, 0) is 9.53 Å². The molecule has 2 heterocycles. The molecule has 1 atom stereocenters. The molecule has 3 rings (SSSR count). The van der Waals surface area contributed by atoms with Crippen molar-refractivity contribution < 1.29 is 9.53 Å². The molecule has 1 aromatic rings. The van der Waals surface area contributed by atoms with E-state index < -0.39 is 5.92 Å². The molecule has 1 aliphatic carbocycles. The maximum atomic E-state index is 12.8. The molecule has 0 saturated heterocycles. The Morgan fingerprint density at radius 3 is 2.74 bits per heavy atom. The van der Waals surface area contributed by atoms with Crippen LogP contribution in [0.4, 0.5) is 0 Å². The van der Waals surface area contributed by atoms with Crippen LogP contribution in [0.1, 0.15) is 42.4 Å². The number of thiophene rings is 1. The zero-order chi connectivity index (χ0) is 16.9. The van der Waals surface area contributed by atoms with Gasteiger partial charge in [0.2, 0.25) is 5.88 Å². The molecule has 0 unspecified atom stereocenters. The zero-order valence-corrected chi connectivity index (χ0v) is 15.6. The van der Waals surface area contributed by atoms with E-state index >= 15 is 0 Å². The van der Waals surface area contributed by atoms with Gasteiger partial charge in [0.1, 0.15) is 17.4 Å². The number of allylic oxidation sites excluding steroid dienone is 3. The highest BCUT2D eigenvalue weighted by Crippen LogP contribution is 2.49. The number of ketones is 1. The Bertz CT molecular complexity index is 792. The predicted octanol–water partition coefficient (Wildman–Crippen LogP) is 4.27. The molecule has 23 heavy (non-hydrogen) atoms. The number of aryl methyl sites for hydroxylation is 1. The molecule has 0 radical (unpaired) electrons. The lowest BCUT2D eigenvalue weighted by Crippen LogP contribution is -2.33. The Hall–Kier alpha value is -1.58. The number of rotatable bonds is 1. The van der Waals surface area contributed by atoms with Crippen molar-refractivity contribution in [2.75, 3.05) is 0 Å². The third-order valence-electron chi connectivity index (χ3n) is 4.24. The summed E-state index contributed by atoms with van der Waals surface area (Å²) in [7, 11) is 0. The van der Waals surface area contributed by atoms with Gasteiger partial charge in [-0.2, -0.15) is 5.26 Å². The molecular formula is C17H17BrN2O2S. The molecule has 1 aromatic heterocycles. The molecule has 0 aromatic carbocycles. The first-order valence-corrected chi connectivity index (χ1v) is 8.94. The molecular weight excluding hydrogens is 376 g/mol. The molecule has 0 amide bonds. The molecule has 0 fully saturated rings. The number of nitrogens with zero attached hydrogens (tertiary/aromatic N) is 1. The first-order valence-electron chi connectivity index (χ1n) is 7.33. The Morgan fingerprint density at radius 1 is 1.48 bits per heavy atom. The van der Waals surface area contributed by atoms with Crippen LogP contribution < -0.4 is 5.73 Å². The van der Waals surface area contributed by atoms with Crippen LogP contribution in [0.2, 0.25) is 0 Å². The van der Waals surface area contributed by atoms with E-state index in [1.807, 2.05) is 26.8 Å². The van der Waals surface area contributed by atoms with Gasteiger partial charge in [-0.25, -0.2) is 0 Å². The lowest BCUT2D eigenvalue weighted by molar-refractivity contribution is -0.119. The Labute approximate surface area is 147 Å². The van der Waals surface area contributed by atoms with Crippen LogP contribution in [0.3, 0.4) is 0 Å². The minimum Gasteiger partial charge on any atom is -0.444 e. The number of carbonyl (C=O) groups is 1. The van der Waals surface area contributed by atoms with Crippen molar-refractivity contribution in [3.63, 3.8) is 0 Å². The predicted molar refractivity (Wildman–Crippen MR) is 92.5 cm³/mol. The Morgan fingerprint density at radius 2 is 2.17 bits per heavy atom. The van der Waals surface area contributed by atoms with Crippen molar-refractivity contribution in [2.45, 2.75) is 39.5 Å². The van der Waals surface area contributed by atoms with Gasteiger partial charge in [0.15, 0.2) is 5.78 Å². The fourth-order valence-corrected chi connectivity index (χ4v) is 4.87. The van der Waals surface area contributed by atoms with Gasteiger partial charge in [-0.05, 0) is 34.3 Å². The van der Waals surface area contributed by atoms with E-state index in [0.29, 0.717) is 29.7 Å². The van der Waals surface area contributed by atoms with Crippen LogP contribution in [0, 0.1) is 23.7 Å². The fraction of sp³-hybridized carbons (Fsp3) is 0.412. The molecule has 120 valence electrons. The number of nitriles is 1. The van der Waals surface area contributed by atoms with Gasteiger partial charge in [-0.1, -0.05) is 13.8 Å². The number of hydrogen-bond acceptors (Lipinski definition) is 5. The summed E-state index contributed by atoms with van der Waals surface area (Å²) in [5, 5.41) is 9.54. The lowest BCUT2D eigenvalue weighted by atomic mass is 9.71. The van der Waals surface area contributed by atoms with Crippen LogP contribution in [-0.4, -0.2) is 5.78 Å². The van der Waals surface area contributed by atoms with E-state index in [0.717, 1.165) is 14.2 Å². The van der Waals surface area contributed by atoms with Gasteiger partial charge in [0, 0.05) is 32.6 Å². The molecule has 0 spiro atoms. The van der Waals surface area contributed by atoms with Gasteiger partial charge in [0.05, 0.1) is 5.92 Å². The van der Waals surface area contributed by atoms with Crippen molar-refractivity contribution >= 4 is 33.0 Å². The smallest absolute Gasteiger partial charge is 0.205 e. The van der Waals surface area contributed by atoms with Crippen LogP contribution in [0.5, 0.6) is 0 Å². The lowest BCUT2D eigenvalue weighted by Gasteiger charge is -2.36. The minimum atomic E-state index is -0.414. The van der Waals surface area contributed by atoms with E-state index in [9.17, 15) is 10.1 Å². The van der Waals surface area contributed by atoms with Gasteiger partial charge in [-0.3, -0.25) is 4.79 Å². The van der Waals surface area contributed by atoms with Crippen molar-refractivity contribution in [1.82, 2.24) is 0 Å². The second kappa shape index (κ2) is 5.50. The third-order valence-corrected chi connectivity index (χ3v) is 6.44. The summed E-state index contributed by atoms with van der Waals surface area (Å²) in [5.41, 5.74) is 6.75. The monoisotopic (exact) mass is 392 g/mol. The molecule has 2 aliphatic rings. The minimum absolute atomic E-state index is 0.0451. The Kier molecular flexibility index (Phi) is 3.89. The number of hydrogen-bond donors (Lipinski definition) is 1. The van der Waals surface area contributed by atoms with E-state index in [1.165, 1.54) is 0 Å². The van der Waals surface area contributed by atoms with E-state index in [4.69, 9.17) is 10.5 Å². The number of nitrogens with two attached hydrogens (primary N) is 1. The largest absolute Gasteiger partial charge is 0.444 e. The summed E-state index contributed by atoms with van der Waals surface area (Å²) in [4.78, 5) is 14.8. The van der Waals surface area contributed by atoms with Gasteiger partial charge in [0.25, 0.3) is 0 Å². The highest BCUT2D eigenvalue weighted by molar-refractivity contribution is 9.10. The topological polar surface area (TPSA) is 76.1 Å². The third kappa shape index (κ3) is 2.73. The quantitative estimate of drug-likeness (QED) is 0.773. The van der Waals surface area contributed by atoms with E-state index in [1.54, 1.807) is 11.3 Å². The standard InChI is InChI=1S/C17H17BrN2O2S/c1-8-10(18)4-13(23-8)14-9(7-19)16(20)22-12-6-17(2,3)5-11(21)15(12)14/h4,14H,5-6,20H2,1-3H3/t14-/m1/s1. The average molecular weight is 393 g/mol. The van der Waals surface area contributed by atoms with Gasteiger partial charge >= 0.3 is 0 Å². The second-order valence-corrected chi connectivity index (χ2v) is 8.90. The summed E-state index contributed by atoms with van der Waals surface area (Å²) in [5.74, 6) is 0.366. The number of ether oxygens (including phenoxy) is 1. The van der Waals surface area contributed by atoms with Gasteiger partial charge in [-0.15, -0.1) is 11.3 Å². The van der Waals surface area contributed by atoms with Crippen molar-refractivity contribution in [2.24, 2.45) is 11.1 Å². The summed E-state index contributed by atoms with van der Waals surface area (Å²) in [6.45, 7) is 6.08. The maximum absolute atomic E-state index is 12.8. The average Bonchev–Trinajstić information content (AvgIpc) is 2.75. The SMILES string of the molecule is Cc1sc([C@H]2C(C#N)=C(N)OC3=C2C(=O)CC(C)(C)C3)cc1Br. The second-order valence-electron chi connectivity index (χ2n) is 6.76. The Balaban J connectivity index is 2.19. The molecule has 2 N–H and O–H groups in total. The summed E-state index contributed by atoms with van der Waals surface area (Å²) >= 11 is 5.08. The van der Waals surface area contributed by atoms with Crippen LogP contribution in [0.15, 0.2) is 33.3 Å². The fourth-order valence-electron chi connectivity index (χ4n) is 3.19. The van der Waals surface area contributed by atoms with Crippen molar-refractivity contribution in [3.8, 4) is 6.07 Å². The van der Waals surface area contributed by atoms with Crippen molar-refractivity contribution in [3.05, 3.63) is 43.1 Å². The summed E-state index contributed by atoms with van der Waals surface area (Å²) < 4.78 is 6.65. The van der Waals surface area contributed by atoms with Crippen LogP contribution >= 0.6 is 27.3 Å². The van der Waals surface area contributed by atoms with E-state index in [-0.39, 0.29) is 17.1 Å². The number of carbonyl (C=O) groups excluding carboxylic acids is 1. The van der Waals surface area contributed by atoms with E-state index in [2.05, 4.69) is 22.0 Å². The number of Topliss-reactive ketones (excluding diaryl/α,β-unsaturated/α-hetero) is 1. The molecule has 4 nitrogen and oxygen atoms in total. The first kappa shape index (κ1) is 16.3. The first-order chi connectivity index (χ1) is 10.7. The molecule has 0 bridgehead atoms. The van der Waals surface area contributed by atoms with Gasteiger partial charge < -0.3 is 10.5 Å². The summed E-state index contributed by atoms with van der Waals surface area (Å²) in [6.07, 6.45) is 1.10. The normalized spacial score (nSPS) is 23.4. The highest BCUT2D eigenvalue weighted by Gasteiger charge is 2.43. The maximum Gasteiger partial charge on any atom is 0.205 e. The molecule has 0 saturated carbocycles. The molecule has 6 heteroatoms. The highest BCUT2D eigenvalue weighted by atomic mass is 79.9. The number of halogens is 1. The van der Waals surface area contributed by atoms with Crippen LogP contribution in [0.25, 0.3) is 0 Å². The molecule has 1 aliphatic heterocycles. The zero-order valence-electron chi connectivity index (χ0n) is 13.2. The van der Waals surface area contributed by atoms with Crippen molar-refractivity contribution in [1.29, 1.82) is 5.26 Å². The summed E-state index contributed by atoms with van der Waals surface area (Å²) in [6, 6.07) is 4.11.